The van der Waals surface area contributed by atoms with E-state index >= 15 is 0 Å². The topological polar surface area (TPSA) is 22.1 Å². The lowest BCUT2D eigenvalue weighted by Crippen LogP contribution is -1.97. The minimum absolute atomic E-state index is 0.691. The minimum Gasteiger partial charge on any atom is -0.478 e. The molecule has 2 rings (SSSR count). The van der Waals surface area contributed by atoms with Gasteiger partial charge in [-0.2, -0.15) is 0 Å². The summed E-state index contributed by atoms with van der Waals surface area (Å²) in [6, 6.07) is 2.20. The Morgan fingerprint density at radius 3 is 2.85 bits per heavy atom. The standard InChI is InChI=1S/C11H15NO/c1-3-13-11-8(2)6-10(7-12-11)9-4-5-9/h6-7,9H,3-5H2,1-2H3. The van der Waals surface area contributed by atoms with Crippen molar-refractivity contribution in [2.45, 2.75) is 32.6 Å². The van der Waals surface area contributed by atoms with Crippen molar-refractivity contribution in [2.24, 2.45) is 0 Å². The largest absolute Gasteiger partial charge is 0.478 e. The first-order chi connectivity index (χ1) is 6.31. The zero-order valence-corrected chi connectivity index (χ0v) is 8.21. The van der Waals surface area contributed by atoms with Gasteiger partial charge >= 0.3 is 0 Å². The quantitative estimate of drug-likeness (QED) is 0.708. The predicted octanol–water partition coefficient (Wildman–Crippen LogP) is 2.67. The first kappa shape index (κ1) is 8.54. The molecule has 2 heteroatoms. The third kappa shape index (κ3) is 1.82. The highest BCUT2D eigenvalue weighted by atomic mass is 16.5. The van der Waals surface area contributed by atoms with Gasteiger partial charge in [0.2, 0.25) is 5.88 Å². The van der Waals surface area contributed by atoms with E-state index < -0.39 is 0 Å². The highest BCUT2D eigenvalue weighted by Gasteiger charge is 2.24. The number of pyridine rings is 1. The van der Waals surface area contributed by atoms with Crippen LogP contribution in [0.2, 0.25) is 0 Å². The third-order valence-electron chi connectivity index (χ3n) is 2.38. The smallest absolute Gasteiger partial charge is 0.216 e. The summed E-state index contributed by atoms with van der Waals surface area (Å²) in [4.78, 5) is 4.31. The summed E-state index contributed by atoms with van der Waals surface area (Å²) in [6.07, 6.45) is 4.61. The summed E-state index contributed by atoms with van der Waals surface area (Å²) >= 11 is 0. The lowest BCUT2D eigenvalue weighted by atomic mass is 10.1. The Bertz CT molecular complexity index is 305. The molecule has 0 bridgehead atoms. The zero-order chi connectivity index (χ0) is 9.26. The van der Waals surface area contributed by atoms with Crippen molar-refractivity contribution in [3.63, 3.8) is 0 Å². The first-order valence-electron chi connectivity index (χ1n) is 4.90. The summed E-state index contributed by atoms with van der Waals surface area (Å²) in [6.45, 7) is 4.73. The van der Waals surface area contributed by atoms with Crippen molar-refractivity contribution in [3.05, 3.63) is 23.4 Å². The van der Waals surface area contributed by atoms with Crippen LogP contribution >= 0.6 is 0 Å². The number of nitrogens with zero attached hydrogens (tertiary/aromatic N) is 1. The van der Waals surface area contributed by atoms with Crippen LogP contribution in [0.5, 0.6) is 5.88 Å². The molecule has 0 amide bonds. The molecule has 1 saturated carbocycles. The molecule has 13 heavy (non-hydrogen) atoms. The fraction of sp³-hybridized carbons (Fsp3) is 0.545. The lowest BCUT2D eigenvalue weighted by Gasteiger charge is -2.06. The summed E-state index contributed by atoms with van der Waals surface area (Å²) in [5, 5.41) is 0. The van der Waals surface area contributed by atoms with Crippen molar-refractivity contribution in [2.75, 3.05) is 6.61 Å². The van der Waals surface area contributed by atoms with E-state index in [4.69, 9.17) is 4.74 Å². The van der Waals surface area contributed by atoms with E-state index in [9.17, 15) is 0 Å². The number of aromatic nitrogens is 1. The molecule has 0 atom stereocenters. The molecule has 0 N–H and O–H groups in total. The SMILES string of the molecule is CCOc1ncc(C2CC2)cc1C. The molecule has 1 aliphatic rings. The highest BCUT2D eigenvalue weighted by molar-refractivity contribution is 5.32. The highest BCUT2D eigenvalue weighted by Crippen LogP contribution is 2.40. The van der Waals surface area contributed by atoms with Crippen molar-refractivity contribution >= 4 is 0 Å². The Labute approximate surface area is 78.9 Å². The molecule has 0 saturated heterocycles. The van der Waals surface area contributed by atoms with Crippen molar-refractivity contribution < 1.29 is 4.74 Å². The summed E-state index contributed by atoms with van der Waals surface area (Å²) < 4.78 is 5.38. The van der Waals surface area contributed by atoms with Gasteiger partial charge in [0.15, 0.2) is 0 Å². The zero-order valence-electron chi connectivity index (χ0n) is 8.21. The fourth-order valence-corrected chi connectivity index (χ4v) is 1.51. The second-order valence-corrected chi connectivity index (χ2v) is 3.60. The number of hydrogen-bond donors (Lipinski definition) is 0. The molecule has 0 radical (unpaired) electrons. The number of ether oxygens (including phenoxy) is 1. The maximum Gasteiger partial charge on any atom is 0.216 e. The minimum atomic E-state index is 0.691. The van der Waals surface area contributed by atoms with Crippen LogP contribution in [0, 0.1) is 6.92 Å². The van der Waals surface area contributed by atoms with Gasteiger partial charge in [0, 0.05) is 11.8 Å². The summed E-state index contributed by atoms with van der Waals surface area (Å²) in [7, 11) is 0. The number of hydrogen-bond acceptors (Lipinski definition) is 2. The molecule has 0 spiro atoms. The van der Waals surface area contributed by atoms with E-state index in [2.05, 4.69) is 18.0 Å². The predicted molar refractivity (Wildman–Crippen MR) is 52.1 cm³/mol. The van der Waals surface area contributed by atoms with Crippen molar-refractivity contribution in [1.29, 1.82) is 0 Å². The average molecular weight is 177 g/mol. The maximum absolute atomic E-state index is 5.38. The molecule has 1 aromatic heterocycles. The molecule has 1 aromatic rings. The lowest BCUT2D eigenvalue weighted by molar-refractivity contribution is 0.324. The Balaban J connectivity index is 2.21. The Morgan fingerprint density at radius 1 is 1.54 bits per heavy atom. The van der Waals surface area contributed by atoms with Crippen LogP contribution < -0.4 is 4.74 Å². The third-order valence-corrected chi connectivity index (χ3v) is 2.38. The normalized spacial score (nSPS) is 15.8. The second kappa shape index (κ2) is 3.36. The van der Waals surface area contributed by atoms with Gasteiger partial charge in [-0.15, -0.1) is 0 Å². The van der Waals surface area contributed by atoms with E-state index in [1.807, 2.05) is 13.1 Å². The molecule has 2 nitrogen and oxygen atoms in total. The molecule has 0 aromatic carbocycles. The average Bonchev–Trinajstić information content (AvgIpc) is 2.91. The number of aryl methyl sites for hydroxylation is 1. The molecule has 0 aliphatic heterocycles. The molecule has 0 unspecified atom stereocenters. The van der Waals surface area contributed by atoms with Crippen LogP contribution in [0.15, 0.2) is 12.3 Å². The van der Waals surface area contributed by atoms with Gasteiger partial charge in [-0.3, -0.25) is 0 Å². The van der Waals surface area contributed by atoms with E-state index in [1.165, 1.54) is 18.4 Å². The van der Waals surface area contributed by atoms with Gasteiger partial charge in [-0.1, -0.05) is 0 Å². The molecular formula is C11H15NO. The number of rotatable bonds is 3. The van der Waals surface area contributed by atoms with Crippen molar-refractivity contribution in [3.8, 4) is 5.88 Å². The van der Waals surface area contributed by atoms with Gasteiger partial charge < -0.3 is 4.74 Å². The van der Waals surface area contributed by atoms with Gasteiger partial charge in [0.25, 0.3) is 0 Å². The van der Waals surface area contributed by atoms with Crippen LogP contribution in [0.1, 0.15) is 36.8 Å². The van der Waals surface area contributed by atoms with Gasteiger partial charge in [0.05, 0.1) is 6.61 Å². The van der Waals surface area contributed by atoms with Crippen LogP contribution in [0.25, 0.3) is 0 Å². The Morgan fingerprint density at radius 2 is 2.31 bits per heavy atom. The molecule has 1 aliphatic carbocycles. The van der Waals surface area contributed by atoms with E-state index in [0.29, 0.717) is 6.61 Å². The van der Waals surface area contributed by atoms with Crippen molar-refractivity contribution in [1.82, 2.24) is 4.98 Å². The van der Waals surface area contributed by atoms with Gasteiger partial charge in [-0.05, 0) is 44.2 Å². The monoisotopic (exact) mass is 177 g/mol. The van der Waals surface area contributed by atoms with Crippen LogP contribution in [-0.2, 0) is 0 Å². The van der Waals surface area contributed by atoms with Crippen LogP contribution in [-0.4, -0.2) is 11.6 Å². The van der Waals surface area contributed by atoms with E-state index in [1.54, 1.807) is 0 Å². The first-order valence-corrected chi connectivity index (χ1v) is 4.90. The second-order valence-electron chi connectivity index (χ2n) is 3.60. The maximum atomic E-state index is 5.38. The summed E-state index contributed by atoms with van der Waals surface area (Å²) in [5.41, 5.74) is 2.53. The van der Waals surface area contributed by atoms with Crippen LogP contribution in [0.3, 0.4) is 0 Å². The summed E-state index contributed by atoms with van der Waals surface area (Å²) in [5.74, 6) is 1.56. The molecule has 70 valence electrons. The van der Waals surface area contributed by atoms with Crippen LogP contribution in [0.4, 0.5) is 0 Å². The van der Waals surface area contributed by atoms with Gasteiger partial charge in [-0.25, -0.2) is 4.98 Å². The van der Waals surface area contributed by atoms with E-state index in [-0.39, 0.29) is 0 Å². The fourth-order valence-electron chi connectivity index (χ4n) is 1.51. The Kier molecular flexibility index (Phi) is 2.21. The molecular weight excluding hydrogens is 162 g/mol. The van der Waals surface area contributed by atoms with E-state index in [0.717, 1.165) is 17.4 Å². The molecule has 1 heterocycles. The van der Waals surface area contributed by atoms with Gasteiger partial charge in [0.1, 0.15) is 0 Å². The Hall–Kier alpha value is -1.05. The molecule has 1 fully saturated rings.